The van der Waals surface area contributed by atoms with Gasteiger partial charge < -0.3 is 5.32 Å². The fourth-order valence-electron chi connectivity index (χ4n) is 3.07. The number of benzene rings is 1. The number of piperazine rings is 1. The molecule has 2 atom stereocenters. The van der Waals surface area contributed by atoms with Crippen molar-refractivity contribution in [1.82, 2.24) is 10.2 Å². The maximum absolute atomic E-state index is 13.6. The third kappa shape index (κ3) is 2.44. The van der Waals surface area contributed by atoms with E-state index in [1.807, 2.05) is 30.8 Å². The highest BCUT2D eigenvalue weighted by Crippen LogP contribution is 2.38. The number of thioether (sulfide) groups is 1. The van der Waals surface area contributed by atoms with Crippen LogP contribution < -0.4 is 5.32 Å². The number of nitrogens with zero attached hydrogens (tertiary/aromatic N) is 2. The maximum Gasteiger partial charge on any atom is 0.141 e. The van der Waals surface area contributed by atoms with Crippen LogP contribution in [0, 0.1) is 24.1 Å². The molecule has 0 saturated carbocycles. The van der Waals surface area contributed by atoms with E-state index in [0.717, 1.165) is 43.1 Å². The Hall–Kier alpha value is -1.09. The summed E-state index contributed by atoms with van der Waals surface area (Å²) in [6.45, 7) is 6.04. The molecule has 3 nitrogen and oxygen atoms in total. The van der Waals surface area contributed by atoms with Crippen LogP contribution in [0.25, 0.3) is 0 Å². The van der Waals surface area contributed by atoms with Crippen LogP contribution in [0.15, 0.2) is 12.1 Å². The van der Waals surface area contributed by atoms with Crippen LogP contribution in [0.2, 0.25) is 0 Å². The lowest BCUT2D eigenvalue weighted by atomic mass is 9.99. The molecule has 0 bridgehead atoms. The van der Waals surface area contributed by atoms with E-state index in [4.69, 9.17) is 5.26 Å². The first kappa shape index (κ1) is 13.9. The lowest BCUT2D eigenvalue weighted by Gasteiger charge is -2.42. The Morgan fingerprint density at radius 3 is 3.15 bits per heavy atom. The first-order valence-electron chi connectivity index (χ1n) is 6.96. The number of nitriles is 1. The van der Waals surface area contributed by atoms with E-state index in [1.165, 1.54) is 6.07 Å². The van der Waals surface area contributed by atoms with Crippen molar-refractivity contribution in [2.45, 2.75) is 18.2 Å². The van der Waals surface area contributed by atoms with E-state index in [0.29, 0.717) is 11.3 Å². The highest BCUT2D eigenvalue weighted by Gasteiger charge is 2.32. The normalized spacial score (nSPS) is 26.9. The molecule has 2 fully saturated rings. The van der Waals surface area contributed by atoms with E-state index < -0.39 is 5.82 Å². The maximum atomic E-state index is 13.6. The van der Waals surface area contributed by atoms with Crippen LogP contribution in [0.4, 0.5) is 4.39 Å². The van der Waals surface area contributed by atoms with Crippen molar-refractivity contribution < 1.29 is 4.39 Å². The third-order valence-corrected chi connectivity index (χ3v) is 5.66. The third-order valence-electron chi connectivity index (χ3n) is 4.28. The van der Waals surface area contributed by atoms with Crippen molar-refractivity contribution >= 4 is 11.8 Å². The Balaban J connectivity index is 1.85. The van der Waals surface area contributed by atoms with Crippen LogP contribution in [0.3, 0.4) is 0 Å². The van der Waals surface area contributed by atoms with Gasteiger partial charge in [-0.25, -0.2) is 4.39 Å². The minimum absolute atomic E-state index is 0.200. The summed E-state index contributed by atoms with van der Waals surface area (Å²) in [5, 5.41) is 12.9. The smallest absolute Gasteiger partial charge is 0.141 e. The average Bonchev–Trinajstić information content (AvgIpc) is 2.47. The lowest BCUT2D eigenvalue weighted by Crippen LogP contribution is -2.55. The second-order valence-corrected chi connectivity index (χ2v) is 6.66. The van der Waals surface area contributed by atoms with Crippen molar-refractivity contribution in [3.63, 3.8) is 0 Å². The first-order chi connectivity index (χ1) is 9.70. The molecule has 0 amide bonds. The molecular weight excluding hydrogens is 273 g/mol. The summed E-state index contributed by atoms with van der Waals surface area (Å²) in [4.78, 5) is 2.52. The SMILES string of the molecule is Cc1c([C@@H]2CN3CCNC[C@H]3CS2)ccc(F)c1C#N. The summed E-state index contributed by atoms with van der Waals surface area (Å²) in [6.07, 6.45) is 0. The van der Waals surface area contributed by atoms with Crippen molar-refractivity contribution in [2.24, 2.45) is 0 Å². The highest BCUT2D eigenvalue weighted by molar-refractivity contribution is 7.99. The molecule has 1 N–H and O–H groups in total. The molecule has 2 aliphatic heterocycles. The highest BCUT2D eigenvalue weighted by atomic mass is 32.2. The molecule has 0 unspecified atom stereocenters. The van der Waals surface area contributed by atoms with Crippen molar-refractivity contribution in [3.05, 3.63) is 34.6 Å². The zero-order valence-electron chi connectivity index (χ0n) is 11.5. The molecule has 3 rings (SSSR count). The fraction of sp³-hybridized carbons (Fsp3) is 0.533. The summed E-state index contributed by atoms with van der Waals surface area (Å²) >= 11 is 1.93. The van der Waals surface area contributed by atoms with Crippen molar-refractivity contribution in [1.29, 1.82) is 5.26 Å². The second-order valence-electron chi connectivity index (χ2n) is 5.42. The standard InChI is InChI=1S/C15H18FN3S/c1-10-12(2-3-14(16)13(10)6-17)15-8-19-5-4-18-7-11(19)9-20-15/h2-3,11,15,18H,4-5,7-9H2,1H3/t11-,15-/m0/s1. The quantitative estimate of drug-likeness (QED) is 0.860. The minimum atomic E-state index is -0.408. The van der Waals surface area contributed by atoms with Crippen LogP contribution in [-0.4, -0.2) is 42.9 Å². The van der Waals surface area contributed by atoms with E-state index >= 15 is 0 Å². The van der Waals surface area contributed by atoms with Gasteiger partial charge in [-0.05, 0) is 24.1 Å². The lowest BCUT2D eigenvalue weighted by molar-refractivity contribution is 0.170. The van der Waals surface area contributed by atoms with Gasteiger partial charge in [0, 0.05) is 43.2 Å². The van der Waals surface area contributed by atoms with Gasteiger partial charge in [0.15, 0.2) is 0 Å². The van der Waals surface area contributed by atoms with Crippen molar-refractivity contribution in [2.75, 3.05) is 31.9 Å². The van der Waals surface area contributed by atoms with Crippen LogP contribution in [-0.2, 0) is 0 Å². The molecule has 106 valence electrons. The van der Waals surface area contributed by atoms with Crippen LogP contribution in [0.1, 0.15) is 21.9 Å². The van der Waals surface area contributed by atoms with E-state index in [2.05, 4.69) is 10.2 Å². The minimum Gasteiger partial charge on any atom is -0.314 e. The van der Waals surface area contributed by atoms with Gasteiger partial charge in [-0.3, -0.25) is 4.90 Å². The van der Waals surface area contributed by atoms with Gasteiger partial charge in [-0.15, -0.1) is 0 Å². The number of fused-ring (bicyclic) bond motifs is 1. The molecule has 0 radical (unpaired) electrons. The van der Waals surface area contributed by atoms with Gasteiger partial charge >= 0.3 is 0 Å². The Kier molecular flexibility index (Phi) is 3.97. The Morgan fingerprint density at radius 2 is 2.35 bits per heavy atom. The summed E-state index contributed by atoms with van der Waals surface area (Å²) in [7, 11) is 0. The van der Waals surface area contributed by atoms with Crippen LogP contribution >= 0.6 is 11.8 Å². The molecule has 1 aromatic rings. The second kappa shape index (κ2) is 5.72. The molecule has 0 spiro atoms. The molecule has 5 heteroatoms. The van der Waals surface area contributed by atoms with Gasteiger partial charge in [0.05, 0.1) is 5.56 Å². The van der Waals surface area contributed by atoms with Gasteiger partial charge in [0.1, 0.15) is 11.9 Å². The average molecular weight is 291 g/mol. The largest absolute Gasteiger partial charge is 0.314 e. The number of nitrogens with one attached hydrogen (secondary N) is 1. The number of rotatable bonds is 1. The van der Waals surface area contributed by atoms with Gasteiger partial charge in [-0.2, -0.15) is 17.0 Å². The van der Waals surface area contributed by atoms with Crippen LogP contribution in [0.5, 0.6) is 0 Å². The Labute approximate surface area is 123 Å². The fourth-order valence-corrected chi connectivity index (χ4v) is 4.58. The van der Waals surface area contributed by atoms with Gasteiger partial charge in [0.2, 0.25) is 0 Å². The molecule has 2 aliphatic rings. The Morgan fingerprint density at radius 1 is 1.50 bits per heavy atom. The van der Waals surface area contributed by atoms with E-state index in [9.17, 15) is 4.39 Å². The predicted molar refractivity (Wildman–Crippen MR) is 79.3 cm³/mol. The summed E-state index contributed by atoms with van der Waals surface area (Å²) in [6, 6.07) is 5.89. The van der Waals surface area contributed by atoms with E-state index in [1.54, 1.807) is 0 Å². The number of hydrogen-bond donors (Lipinski definition) is 1. The van der Waals surface area contributed by atoms with E-state index in [-0.39, 0.29) is 5.56 Å². The predicted octanol–water partition coefficient (Wildman–Crippen LogP) is 2.07. The molecule has 2 saturated heterocycles. The monoisotopic (exact) mass is 291 g/mol. The topological polar surface area (TPSA) is 39.1 Å². The summed E-state index contributed by atoms with van der Waals surface area (Å²) in [5.74, 6) is 0.686. The molecule has 0 aliphatic carbocycles. The van der Waals surface area contributed by atoms with Gasteiger partial charge in [-0.1, -0.05) is 6.07 Å². The summed E-state index contributed by atoms with van der Waals surface area (Å²) < 4.78 is 13.6. The Bertz CT molecular complexity index is 555. The zero-order valence-corrected chi connectivity index (χ0v) is 12.3. The molecular formula is C15H18FN3S. The molecule has 0 aromatic heterocycles. The molecule has 2 heterocycles. The number of halogens is 1. The number of hydrogen-bond acceptors (Lipinski definition) is 4. The van der Waals surface area contributed by atoms with Crippen molar-refractivity contribution in [3.8, 4) is 6.07 Å². The molecule has 20 heavy (non-hydrogen) atoms. The summed E-state index contributed by atoms with van der Waals surface area (Å²) in [5.41, 5.74) is 2.12. The molecule has 1 aromatic carbocycles. The van der Waals surface area contributed by atoms with Gasteiger partial charge in [0.25, 0.3) is 0 Å². The first-order valence-corrected chi connectivity index (χ1v) is 8.01. The zero-order chi connectivity index (χ0) is 14.1.